The summed E-state index contributed by atoms with van der Waals surface area (Å²) < 4.78 is 0. The number of piperazine rings is 1. The Kier molecular flexibility index (Phi) is 6.20. The summed E-state index contributed by atoms with van der Waals surface area (Å²) in [6.07, 6.45) is 1.70. The lowest BCUT2D eigenvalue weighted by molar-refractivity contribution is -0.128. The molecule has 148 valence electrons. The zero-order valence-corrected chi connectivity index (χ0v) is 16.1. The van der Waals surface area contributed by atoms with Crippen molar-refractivity contribution in [2.75, 3.05) is 25.0 Å². The highest BCUT2D eigenvalue weighted by atomic mass is 16.3. The van der Waals surface area contributed by atoms with E-state index in [0.29, 0.717) is 30.2 Å². The third-order valence-corrected chi connectivity index (χ3v) is 4.50. The summed E-state index contributed by atoms with van der Waals surface area (Å²) in [5.74, 6) is 0.252. The van der Waals surface area contributed by atoms with Crippen LogP contribution >= 0.6 is 0 Å². The van der Waals surface area contributed by atoms with Gasteiger partial charge >= 0.3 is 0 Å². The molecule has 1 fully saturated rings. The number of rotatable bonds is 6. The molecule has 1 unspecified atom stereocenters. The maximum atomic E-state index is 13.0. The Morgan fingerprint density at radius 2 is 2.18 bits per heavy atom. The van der Waals surface area contributed by atoms with Gasteiger partial charge in [-0.25, -0.2) is 9.97 Å². The monoisotopic (exact) mass is 383 g/mol. The van der Waals surface area contributed by atoms with Crippen molar-refractivity contribution >= 4 is 17.6 Å². The highest BCUT2D eigenvalue weighted by Crippen LogP contribution is 2.22. The lowest BCUT2D eigenvalue weighted by Gasteiger charge is -2.34. The normalized spacial score (nSPS) is 16.8. The molecule has 0 bridgehead atoms. The lowest BCUT2D eigenvalue weighted by Crippen LogP contribution is -2.57. The van der Waals surface area contributed by atoms with E-state index in [1.807, 2.05) is 26.0 Å². The van der Waals surface area contributed by atoms with Gasteiger partial charge in [-0.05, 0) is 32.4 Å². The van der Waals surface area contributed by atoms with Gasteiger partial charge in [0, 0.05) is 42.9 Å². The summed E-state index contributed by atoms with van der Waals surface area (Å²) in [4.78, 5) is 35.2. The predicted octanol–water partition coefficient (Wildman–Crippen LogP) is 1.29. The van der Waals surface area contributed by atoms with Crippen molar-refractivity contribution in [1.29, 1.82) is 0 Å². The number of amides is 2. The molecule has 0 aliphatic carbocycles. The number of benzene rings is 1. The zero-order chi connectivity index (χ0) is 20.1. The van der Waals surface area contributed by atoms with Crippen LogP contribution in [0.5, 0.6) is 0 Å². The second-order valence-corrected chi connectivity index (χ2v) is 6.99. The van der Waals surface area contributed by atoms with Crippen LogP contribution in [0.2, 0.25) is 0 Å². The highest BCUT2D eigenvalue weighted by Gasteiger charge is 2.33. The van der Waals surface area contributed by atoms with Gasteiger partial charge in [-0.2, -0.15) is 0 Å². The summed E-state index contributed by atoms with van der Waals surface area (Å²) in [5.41, 5.74) is 1.98. The molecule has 0 spiro atoms. The third kappa shape index (κ3) is 4.45. The van der Waals surface area contributed by atoms with Crippen molar-refractivity contribution in [3.63, 3.8) is 0 Å². The van der Waals surface area contributed by atoms with Crippen LogP contribution in [-0.4, -0.2) is 63.6 Å². The molecule has 2 heterocycles. The van der Waals surface area contributed by atoms with Crippen LogP contribution in [0.15, 0.2) is 36.7 Å². The van der Waals surface area contributed by atoms with E-state index in [2.05, 4.69) is 20.6 Å². The van der Waals surface area contributed by atoms with Crippen molar-refractivity contribution in [2.24, 2.45) is 0 Å². The van der Waals surface area contributed by atoms with Crippen LogP contribution in [0.25, 0.3) is 11.3 Å². The number of aromatic nitrogens is 2. The van der Waals surface area contributed by atoms with E-state index < -0.39 is 6.04 Å². The van der Waals surface area contributed by atoms with Crippen LogP contribution in [0, 0.1) is 0 Å². The molecule has 1 aliphatic rings. The van der Waals surface area contributed by atoms with E-state index in [1.54, 1.807) is 18.2 Å². The summed E-state index contributed by atoms with van der Waals surface area (Å²) in [6.45, 7) is 4.71. The van der Waals surface area contributed by atoms with Gasteiger partial charge in [-0.3, -0.25) is 9.59 Å². The van der Waals surface area contributed by atoms with Gasteiger partial charge in [-0.15, -0.1) is 0 Å². The topological polar surface area (TPSA) is 107 Å². The molecule has 2 amide bonds. The molecule has 28 heavy (non-hydrogen) atoms. The van der Waals surface area contributed by atoms with Crippen molar-refractivity contribution in [3.05, 3.63) is 42.2 Å². The lowest BCUT2D eigenvalue weighted by atomic mass is 10.0. The predicted molar refractivity (Wildman–Crippen MR) is 106 cm³/mol. The number of nitrogens with one attached hydrogen (secondary N) is 2. The molecule has 8 nitrogen and oxygen atoms in total. The molecule has 1 saturated heterocycles. The average Bonchev–Trinajstić information content (AvgIpc) is 2.69. The van der Waals surface area contributed by atoms with Crippen LogP contribution in [0.1, 0.15) is 30.6 Å². The SMILES string of the molecule is CC(C)Nc1cc(-c2cccc(C(=O)N3CCNC(=O)C3CCO)c2)ncn1. The van der Waals surface area contributed by atoms with Crippen molar-refractivity contribution in [2.45, 2.75) is 32.4 Å². The Labute approximate surface area is 164 Å². The van der Waals surface area contributed by atoms with Gasteiger partial charge in [0.05, 0.1) is 5.69 Å². The number of hydrogen-bond donors (Lipinski definition) is 3. The zero-order valence-electron chi connectivity index (χ0n) is 16.1. The Balaban J connectivity index is 1.86. The molecule has 0 saturated carbocycles. The first-order valence-electron chi connectivity index (χ1n) is 9.38. The summed E-state index contributed by atoms with van der Waals surface area (Å²) in [7, 11) is 0. The molecule has 1 aromatic heterocycles. The van der Waals surface area contributed by atoms with Gasteiger partial charge in [0.2, 0.25) is 5.91 Å². The van der Waals surface area contributed by atoms with Gasteiger partial charge in [0.1, 0.15) is 18.2 Å². The quantitative estimate of drug-likeness (QED) is 0.694. The largest absolute Gasteiger partial charge is 0.396 e. The van der Waals surface area contributed by atoms with Crippen LogP contribution in [-0.2, 0) is 4.79 Å². The molecule has 8 heteroatoms. The minimum Gasteiger partial charge on any atom is -0.396 e. The summed E-state index contributed by atoms with van der Waals surface area (Å²) in [6, 6.07) is 8.60. The fourth-order valence-corrected chi connectivity index (χ4v) is 3.23. The van der Waals surface area contributed by atoms with Crippen molar-refractivity contribution < 1.29 is 14.7 Å². The van der Waals surface area contributed by atoms with E-state index in [1.165, 1.54) is 11.2 Å². The number of carbonyl (C=O) groups excluding carboxylic acids is 2. The molecule has 3 rings (SSSR count). The molecular formula is C20H25N5O3. The molecule has 1 aromatic carbocycles. The van der Waals surface area contributed by atoms with E-state index in [9.17, 15) is 14.7 Å². The Morgan fingerprint density at radius 3 is 2.93 bits per heavy atom. The fraction of sp³-hybridized carbons (Fsp3) is 0.400. The second-order valence-electron chi connectivity index (χ2n) is 6.99. The van der Waals surface area contributed by atoms with Crippen LogP contribution < -0.4 is 10.6 Å². The number of nitrogens with zero attached hydrogens (tertiary/aromatic N) is 3. The molecule has 2 aromatic rings. The number of aliphatic hydroxyl groups excluding tert-OH is 1. The van der Waals surface area contributed by atoms with E-state index >= 15 is 0 Å². The fourth-order valence-electron chi connectivity index (χ4n) is 3.23. The summed E-state index contributed by atoms with van der Waals surface area (Å²) in [5, 5.41) is 15.2. The second kappa shape index (κ2) is 8.79. The minimum atomic E-state index is -0.657. The van der Waals surface area contributed by atoms with Crippen molar-refractivity contribution in [1.82, 2.24) is 20.2 Å². The highest BCUT2D eigenvalue weighted by molar-refractivity contribution is 5.99. The first kappa shape index (κ1) is 19.8. The number of carbonyl (C=O) groups is 2. The first-order chi connectivity index (χ1) is 13.5. The average molecular weight is 383 g/mol. The van der Waals surface area contributed by atoms with Gasteiger partial charge in [0.25, 0.3) is 5.91 Å². The smallest absolute Gasteiger partial charge is 0.254 e. The van der Waals surface area contributed by atoms with Crippen LogP contribution in [0.4, 0.5) is 5.82 Å². The Hall–Kier alpha value is -3.00. The van der Waals surface area contributed by atoms with Crippen LogP contribution in [0.3, 0.4) is 0 Å². The molecule has 3 N–H and O–H groups in total. The minimum absolute atomic E-state index is 0.158. The van der Waals surface area contributed by atoms with Gasteiger partial charge in [0.15, 0.2) is 0 Å². The number of aliphatic hydroxyl groups is 1. The Morgan fingerprint density at radius 1 is 1.36 bits per heavy atom. The maximum absolute atomic E-state index is 13.0. The standard InChI is InChI=1S/C20H25N5O3/c1-13(2)24-18-11-16(22-12-23-18)14-4-3-5-15(10-14)20(28)25-8-7-21-19(27)17(25)6-9-26/h3-5,10-13,17,26H,6-9H2,1-2H3,(H,21,27)(H,22,23,24). The molecule has 0 radical (unpaired) electrons. The molecule has 1 aliphatic heterocycles. The first-order valence-corrected chi connectivity index (χ1v) is 9.38. The summed E-state index contributed by atoms with van der Waals surface area (Å²) >= 11 is 0. The Bertz CT molecular complexity index is 855. The maximum Gasteiger partial charge on any atom is 0.254 e. The number of anilines is 1. The van der Waals surface area contributed by atoms with E-state index in [-0.39, 0.29) is 30.9 Å². The van der Waals surface area contributed by atoms with E-state index in [0.717, 1.165) is 5.56 Å². The van der Waals surface area contributed by atoms with Gasteiger partial charge in [-0.1, -0.05) is 12.1 Å². The molecular weight excluding hydrogens is 358 g/mol. The van der Waals surface area contributed by atoms with Crippen molar-refractivity contribution in [3.8, 4) is 11.3 Å². The number of hydrogen-bond acceptors (Lipinski definition) is 6. The third-order valence-electron chi connectivity index (χ3n) is 4.50. The molecule has 1 atom stereocenters. The van der Waals surface area contributed by atoms with Gasteiger partial charge < -0.3 is 20.6 Å². The van der Waals surface area contributed by atoms with E-state index in [4.69, 9.17) is 0 Å².